The van der Waals surface area contributed by atoms with E-state index in [0.29, 0.717) is 30.6 Å². The van der Waals surface area contributed by atoms with Gasteiger partial charge in [0.2, 0.25) is 0 Å². The lowest BCUT2D eigenvalue weighted by Crippen LogP contribution is -2.03. The van der Waals surface area contributed by atoms with E-state index < -0.39 is 6.29 Å². The number of halogens is 2. The molecule has 0 saturated carbocycles. The van der Waals surface area contributed by atoms with Crippen LogP contribution in [0.1, 0.15) is 17.4 Å². The summed E-state index contributed by atoms with van der Waals surface area (Å²) in [5.41, 5.74) is 1.87. The molecule has 3 nitrogen and oxygen atoms in total. The standard InChI is InChI=1S/C16H14BrClO3/c17-12-6-7-13(21-10-11-4-2-1-3-5-11)15(18)14(12)16-19-8-9-20-16/h1-7,16H,8-10H2. The zero-order valence-electron chi connectivity index (χ0n) is 11.2. The number of benzene rings is 2. The molecule has 3 rings (SSSR count). The van der Waals surface area contributed by atoms with Crippen LogP contribution in [0.15, 0.2) is 46.9 Å². The molecule has 5 heteroatoms. The van der Waals surface area contributed by atoms with Gasteiger partial charge in [-0.1, -0.05) is 57.9 Å². The largest absolute Gasteiger partial charge is 0.487 e. The summed E-state index contributed by atoms with van der Waals surface area (Å²) < 4.78 is 17.7. The summed E-state index contributed by atoms with van der Waals surface area (Å²) in [6.07, 6.45) is -0.438. The van der Waals surface area contributed by atoms with Crippen LogP contribution in [0, 0.1) is 0 Å². The van der Waals surface area contributed by atoms with Crippen LogP contribution < -0.4 is 4.74 Å². The van der Waals surface area contributed by atoms with Gasteiger partial charge in [-0.05, 0) is 17.7 Å². The number of hydrogen-bond donors (Lipinski definition) is 0. The Morgan fingerprint density at radius 3 is 2.52 bits per heavy atom. The van der Waals surface area contributed by atoms with Crippen LogP contribution >= 0.6 is 27.5 Å². The van der Waals surface area contributed by atoms with Gasteiger partial charge in [0.05, 0.1) is 18.2 Å². The number of hydrogen-bond acceptors (Lipinski definition) is 3. The van der Waals surface area contributed by atoms with E-state index >= 15 is 0 Å². The highest BCUT2D eigenvalue weighted by Crippen LogP contribution is 2.40. The van der Waals surface area contributed by atoms with Gasteiger partial charge in [-0.3, -0.25) is 0 Å². The van der Waals surface area contributed by atoms with E-state index in [0.717, 1.165) is 15.6 Å². The predicted octanol–water partition coefficient (Wildman–Crippen LogP) is 4.73. The average molecular weight is 370 g/mol. The van der Waals surface area contributed by atoms with E-state index in [4.69, 9.17) is 25.8 Å². The van der Waals surface area contributed by atoms with Gasteiger partial charge in [-0.15, -0.1) is 0 Å². The SMILES string of the molecule is Clc1c(OCc2ccccc2)ccc(Br)c1C1OCCO1. The molecule has 1 aliphatic heterocycles. The van der Waals surface area contributed by atoms with Crippen LogP contribution in [-0.2, 0) is 16.1 Å². The molecule has 0 spiro atoms. The van der Waals surface area contributed by atoms with E-state index in [1.807, 2.05) is 42.5 Å². The van der Waals surface area contributed by atoms with Crippen LogP contribution in [-0.4, -0.2) is 13.2 Å². The first kappa shape index (κ1) is 14.9. The molecular formula is C16H14BrClO3. The molecule has 0 bridgehead atoms. The fourth-order valence-electron chi connectivity index (χ4n) is 2.14. The topological polar surface area (TPSA) is 27.7 Å². The van der Waals surface area contributed by atoms with Crippen molar-refractivity contribution in [3.63, 3.8) is 0 Å². The Morgan fingerprint density at radius 1 is 1.10 bits per heavy atom. The van der Waals surface area contributed by atoms with Crippen LogP contribution in [0.25, 0.3) is 0 Å². The van der Waals surface area contributed by atoms with Crippen molar-refractivity contribution in [3.8, 4) is 5.75 Å². The minimum atomic E-state index is -0.438. The predicted molar refractivity (Wildman–Crippen MR) is 84.6 cm³/mol. The Balaban J connectivity index is 1.81. The lowest BCUT2D eigenvalue weighted by molar-refractivity contribution is -0.0446. The Labute approximate surface area is 136 Å². The minimum absolute atomic E-state index is 0.438. The summed E-state index contributed by atoms with van der Waals surface area (Å²) in [6.45, 7) is 1.61. The lowest BCUT2D eigenvalue weighted by Gasteiger charge is -2.16. The third-order valence-electron chi connectivity index (χ3n) is 3.19. The molecule has 110 valence electrons. The van der Waals surface area contributed by atoms with Gasteiger partial charge in [-0.25, -0.2) is 0 Å². The Kier molecular flexibility index (Phi) is 4.80. The first-order valence-corrected chi connectivity index (χ1v) is 7.80. The molecule has 0 amide bonds. The van der Waals surface area contributed by atoms with Crippen molar-refractivity contribution in [2.45, 2.75) is 12.9 Å². The second-order valence-corrected chi connectivity index (χ2v) is 5.85. The molecule has 0 radical (unpaired) electrons. The van der Waals surface area contributed by atoms with E-state index in [-0.39, 0.29) is 0 Å². The van der Waals surface area contributed by atoms with Crippen molar-refractivity contribution < 1.29 is 14.2 Å². The summed E-state index contributed by atoms with van der Waals surface area (Å²) in [6, 6.07) is 13.7. The summed E-state index contributed by atoms with van der Waals surface area (Å²) in [5, 5.41) is 0.521. The average Bonchev–Trinajstić information content (AvgIpc) is 3.02. The highest BCUT2D eigenvalue weighted by Gasteiger charge is 2.25. The molecule has 0 aliphatic carbocycles. The van der Waals surface area contributed by atoms with Crippen molar-refractivity contribution in [1.29, 1.82) is 0 Å². The summed E-state index contributed by atoms with van der Waals surface area (Å²) in [7, 11) is 0. The fourth-order valence-corrected chi connectivity index (χ4v) is 3.08. The van der Waals surface area contributed by atoms with E-state index in [1.54, 1.807) is 0 Å². The van der Waals surface area contributed by atoms with Gasteiger partial charge in [0.25, 0.3) is 0 Å². The Hall–Kier alpha value is -1.07. The van der Waals surface area contributed by atoms with Crippen molar-refractivity contribution in [1.82, 2.24) is 0 Å². The smallest absolute Gasteiger partial charge is 0.186 e. The van der Waals surface area contributed by atoms with Gasteiger partial charge in [0.15, 0.2) is 6.29 Å². The van der Waals surface area contributed by atoms with Gasteiger partial charge in [-0.2, -0.15) is 0 Å². The van der Waals surface area contributed by atoms with Crippen molar-refractivity contribution >= 4 is 27.5 Å². The summed E-state index contributed by atoms with van der Waals surface area (Å²) in [4.78, 5) is 0. The van der Waals surface area contributed by atoms with Gasteiger partial charge in [0, 0.05) is 10.0 Å². The quantitative estimate of drug-likeness (QED) is 0.780. The fraction of sp³-hybridized carbons (Fsp3) is 0.250. The minimum Gasteiger partial charge on any atom is -0.487 e. The second-order valence-electron chi connectivity index (χ2n) is 4.62. The third kappa shape index (κ3) is 3.40. The van der Waals surface area contributed by atoms with E-state index in [2.05, 4.69) is 15.9 Å². The monoisotopic (exact) mass is 368 g/mol. The van der Waals surface area contributed by atoms with Gasteiger partial charge >= 0.3 is 0 Å². The maximum atomic E-state index is 6.45. The molecule has 1 heterocycles. The van der Waals surface area contributed by atoms with Crippen molar-refractivity contribution in [3.05, 3.63) is 63.1 Å². The van der Waals surface area contributed by atoms with E-state index in [1.165, 1.54) is 0 Å². The second kappa shape index (κ2) is 6.79. The van der Waals surface area contributed by atoms with E-state index in [9.17, 15) is 0 Å². The number of rotatable bonds is 4. The van der Waals surface area contributed by atoms with Crippen molar-refractivity contribution in [2.24, 2.45) is 0 Å². The summed E-state index contributed by atoms with van der Waals surface area (Å²) in [5.74, 6) is 0.623. The molecule has 1 saturated heterocycles. The van der Waals surface area contributed by atoms with Crippen LogP contribution in [0.4, 0.5) is 0 Å². The molecule has 1 aliphatic rings. The first-order chi connectivity index (χ1) is 10.3. The van der Waals surface area contributed by atoms with Gasteiger partial charge < -0.3 is 14.2 Å². The third-order valence-corrected chi connectivity index (χ3v) is 4.27. The van der Waals surface area contributed by atoms with Crippen LogP contribution in [0.2, 0.25) is 5.02 Å². The highest BCUT2D eigenvalue weighted by atomic mass is 79.9. The molecule has 0 N–H and O–H groups in total. The van der Waals surface area contributed by atoms with Gasteiger partial charge in [0.1, 0.15) is 12.4 Å². The zero-order chi connectivity index (χ0) is 14.7. The molecule has 21 heavy (non-hydrogen) atoms. The maximum Gasteiger partial charge on any atom is 0.186 e. The zero-order valence-corrected chi connectivity index (χ0v) is 13.6. The Morgan fingerprint density at radius 2 is 1.81 bits per heavy atom. The molecule has 0 unspecified atom stereocenters. The summed E-state index contributed by atoms with van der Waals surface area (Å²) >= 11 is 9.93. The first-order valence-electron chi connectivity index (χ1n) is 6.63. The number of ether oxygens (including phenoxy) is 3. The maximum absolute atomic E-state index is 6.45. The van der Waals surface area contributed by atoms with Crippen LogP contribution in [0.3, 0.4) is 0 Å². The molecule has 2 aromatic rings. The molecular weight excluding hydrogens is 356 g/mol. The normalized spacial score (nSPS) is 15.3. The molecule has 0 aromatic heterocycles. The lowest BCUT2D eigenvalue weighted by atomic mass is 10.2. The van der Waals surface area contributed by atoms with Crippen LogP contribution in [0.5, 0.6) is 5.75 Å². The van der Waals surface area contributed by atoms with Crippen molar-refractivity contribution in [2.75, 3.05) is 13.2 Å². The molecule has 2 aromatic carbocycles. The highest BCUT2D eigenvalue weighted by molar-refractivity contribution is 9.10. The molecule has 1 fully saturated rings. The Bertz CT molecular complexity index is 612. The molecule has 0 atom stereocenters.